The number of rotatable bonds is 2. The molecule has 0 radical (unpaired) electrons. The van der Waals surface area contributed by atoms with Gasteiger partial charge >= 0.3 is 0 Å². The van der Waals surface area contributed by atoms with Gasteiger partial charge in [0.05, 0.1) is 17.1 Å². The predicted molar refractivity (Wildman–Crippen MR) is 70.1 cm³/mol. The fourth-order valence-electron chi connectivity index (χ4n) is 2.79. The van der Waals surface area contributed by atoms with Gasteiger partial charge in [0.2, 0.25) is 0 Å². The number of hydrogen-bond donors (Lipinski definition) is 1. The average Bonchev–Trinajstić information content (AvgIpc) is 2.97. The molecule has 2 heterocycles. The third-order valence-corrected chi connectivity index (χ3v) is 3.78. The molecule has 17 heavy (non-hydrogen) atoms. The number of fused-ring (bicyclic) bond motifs is 1. The SMILES string of the molecule is CCc1cccc2c1nc(C1CCCN1)n2C. The van der Waals surface area contributed by atoms with Crippen LogP contribution < -0.4 is 5.32 Å². The van der Waals surface area contributed by atoms with Crippen LogP contribution in [0, 0.1) is 0 Å². The number of imidazole rings is 1. The highest BCUT2D eigenvalue weighted by atomic mass is 15.1. The van der Waals surface area contributed by atoms with E-state index in [2.05, 4.69) is 42.1 Å². The first kappa shape index (κ1) is 10.8. The van der Waals surface area contributed by atoms with Gasteiger partial charge in [-0.05, 0) is 37.4 Å². The Kier molecular flexibility index (Phi) is 2.63. The van der Waals surface area contributed by atoms with Crippen LogP contribution in [0.25, 0.3) is 11.0 Å². The lowest BCUT2D eigenvalue weighted by atomic mass is 10.1. The van der Waals surface area contributed by atoms with E-state index >= 15 is 0 Å². The molecule has 3 rings (SSSR count). The van der Waals surface area contributed by atoms with Crippen LogP contribution in [0.5, 0.6) is 0 Å². The van der Waals surface area contributed by atoms with Crippen molar-refractivity contribution in [1.82, 2.24) is 14.9 Å². The van der Waals surface area contributed by atoms with Crippen LogP contribution in [0.15, 0.2) is 18.2 Å². The molecule has 0 bridgehead atoms. The maximum absolute atomic E-state index is 4.87. The van der Waals surface area contributed by atoms with E-state index < -0.39 is 0 Å². The van der Waals surface area contributed by atoms with Crippen molar-refractivity contribution in [3.63, 3.8) is 0 Å². The summed E-state index contributed by atoms with van der Waals surface area (Å²) in [6, 6.07) is 6.92. The Balaban J connectivity index is 2.16. The zero-order valence-electron chi connectivity index (χ0n) is 10.5. The molecule has 0 spiro atoms. The second-order valence-corrected chi connectivity index (χ2v) is 4.82. The van der Waals surface area contributed by atoms with Crippen LogP contribution in [-0.4, -0.2) is 16.1 Å². The molecule has 1 atom stereocenters. The van der Waals surface area contributed by atoms with Crippen LogP contribution in [-0.2, 0) is 13.5 Å². The Labute approximate surface area is 102 Å². The number of aryl methyl sites for hydroxylation is 2. The van der Waals surface area contributed by atoms with Crippen LogP contribution >= 0.6 is 0 Å². The summed E-state index contributed by atoms with van der Waals surface area (Å²) in [6.45, 7) is 3.31. The normalized spacial score (nSPS) is 20.2. The van der Waals surface area contributed by atoms with E-state index in [0.29, 0.717) is 6.04 Å². The minimum absolute atomic E-state index is 0.442. The highest BCUT2D eigenvalue weighted by Crippen LogP contribution is 2.27. The van der Waals surface area contributed by atoms with Crippen molar-refractivity contribution in [2.75, 3.05) is 6.54 Å². The molecule has 0 amide bonds. The Hall–Kier alpha value is -1.35. The van der Waals surface area contributed by atoms with Crippen molar-refractivity contribution in [3.05, 3.63) is 29.6 Å². The first-order valence-electron chi connectivity index (χ1n) is 6.49. The molecular formula is C14H19N3. The molecule has 3 nitrogen and oxygen atoms in total. The smallest absolute Gasteiger partial charge is 0.126 e. The largest absolute Gasteiger partial charge is 0.330 e. The Morgan fingerprint density at radius 1 is 1.47 bits per heavy atom. The minimum atomic E-state index is 0.442. The summed E-state index contributed by atoms with van der Waals surface area (Å²) in [5, 5.41) is 3.53. The van der Waals surface area contributed by atoms with Crippen LogP contribution in [0.4, 0.5) is 0 Å². The molecular weight excluding hydrogens is 210 g/mol. The Morgan fingerprint density at radius 2 is 2.35 bits per heavy atom. The summed E-state index contributed by atoms with van der Waals surface area (Å²) < 4.78 is 2.25. The van der Waals surface area contributed by atoms with Gasteiger partial charge in [-0.15, -0.1) is 0 Å². The average molecular weight is 229 g/mol. The third kappa shape index (κ3) is 1.65. The number of hydrogen-bond acceptors (Lipinski definition) is 2. The third-order valence-electron chi connectivity index (χ3n) is 3.78. The molecule has 1 aromatic heterocycles. The fourth-order valence-corrected chi connectivity index (χ4v) is 2.79. The van der Waals surface area contributed by atoms with Gasteiger partial charge in [0.1, 0.15) is 5.82 Å². The van der Waals surface area contributed by atoms with E-state index in [0.717, 1.165) is 13.0 Å². The van der Waals surface area contributed by atoms with Gasteiger partial charge in [-0.3, -0.25) is 0 Å². The summed E-state index contributed by atoms with van der Waals surface area (Å²) in [5.41, 5.74) is 3.79. The molecule has 1 N–H and O–H groups in total. The molecule has 1 aromatic carbocycles. The van der Waals surface area contributed by atoms with E-state index in [9.17, 15) is 0 Å². The summed E-state index contributed by atoms with van der Waals surface area (Å²) in [6.07, 6.45) is 3.51. The van der Waals surface area contributed by atoms with Crippen molar-refractivity contribution < 1.29 is 0 Å². The lowest BCUT2D eigenvalue weighted by molar-refractivity contribution is 0.584. The van der Waals surface area contributed by atoms with E-state index in [1.807, 2.05) is 0 Å². The summed E-state index contributed by atoms with van der Waals surface area (Å²) in [7, 11) is 2.13. The van der Waals surface area contributed by atoms with Gasteiger partial charge < -0.3 is 9.88 Å². The quantitative estimate of drug-likeness (QED) is 0.857. The summed E-state index contributed by atoms with van der Waals surface area (Å²) >= 11 is 0. The lowest BCUT2D eigenvalue weighted by Crippen LogP contribution is -2.16. The van der Waals surface area contributed by atoms with Crippen molar-refractivity contribution in [2.45, 2.75) is 32.2 Å². The van der Waals surface area contributed by atoms with Crippen molar-refractivity contribution in [3.8, 4) is 0 Å². The first-order valence-corrected chi connectivity index (χ1v) is 6.49. The fraction of sp³-hybridized carbons (Fsp3) is 0.500. The van der Waals surface area contributed by atoms with Crippen LogP contribution in [0.1, 0.15) is 37.2 Å². The first-order chi connectivity index (χ1) is 8.31. The number of nitrogens with zero attached hydrogens (tertiary/aromatic N) is 2. The molecule has 2 aromatic rings. The monoisotopic (exact) mass is 229 g/mol. The molecule has 1 aliphatic heterocycles. The zero-order valence-corrected chi connectivity index (χ0v) is 10.5. The van der Waals surface area contributed by atoms with E-state index in [4.69, 9.17) is 4.98 Å². The Morgan fingerprint density at radius 3 is 3.06 bits per heavy atom. The van der Waals surface area contributed by atoms with Crippen molar-refractivity contribution in [2.24, 2.45) is 7.05 Å². The maximum Gasteiger partial charge on any atom is 0.126 e. The van der Waals surface area contributed by atoms with Gasteiger partial charge in [-0.1, -0.05) is 19.1 Å². The molecule has 0 saturated carbocycles. The van der Waals surface area contributed by atoms with Gasteiger partial charge in [-0.2, -0.15) is 0 Å². The molecule has 3 heteroatoms. The second-order valence-electron chi connectivity index (χ2n) is 4.82. The number of nitrogens with one attached hydrogen (secondary N) is 1. The van der Waals surface area contributed by atoms with Gasteiger partial charge in [-0.25, -0.2) is 4.98 Å². The lowest BCUT2D eigenvalue weighted by Gasteiger charge is -2.09. The molecule has 1 fully saturated rings. The van der Waals surface area contributed by atoms with Crippen molar-refractivity contribution >= 4 is 11.0 Å². The highest BCUT2D eigenvalue weighted by Gasteiger charge is 2.22. The van der Waals surface area contributed by atoms with Gasteiger partial charge in [0.25, 0.3) is 0 Å². The number of para-hydroxylation sites is 1. The minimum Gasteiger partial charge on any atom is -0.330 e. The molecule has 1 unspecified atom stereocenters. The molecule has 90 valence electrons. The van der Waals surface area contributed by atoms with E-state index in [-0.39, 0.29) is 0 Å². The van der Waals surface area contributed by atoms with E-state index in [1.54, 1.807) is 0 Å². The number of aromatic nitrogens is 2. The van der Waals surface area contributed by atoms with Crippen molar-refractivity contribution in [1.29, 1.82) is 0 Å². The molecule has 0 aliphatic carbocycles. The van der Waals surface area contributed by atoms with Crippen LogP contribution in [0.2, 0.25) is 0 Å². The second kappa shape index (κ2) is 4.15. The maximum atomic E-state index is 4.87. The Bertz CT molecular complexity index is 536. The topological polar surface area (TPSA) is 29.9 Å². The number of benzene rings is 1. The zero-order chi connectivity index (χ0) is 11.8. The predicted octanol–water partition coefficient (Wildman–Crippen LogP) is 2.56. The van der Waals surface area contributed by atoms with E-state index in [1.165, 1.54) is 35.3 Å². The van der Waals surface area contributed by atoms with Gasteiger partial charge in [0, 0.05) is 7.05 Å². The van der Waals surface area contributed by atoms with Gasteiger partial charge in [0.15, 0.2) is 0 Å². The van der Waals surface area contributed by atoms with Crippen LogP contribution in [0.3, 0.4) is 0 Å². The molecule has 1 aliphatic rings. The standard InChI is InChI=1S/C14H19N3/c1-3-10-6-4-8-12-13(10)16-14(17(12)2)11-7-5-9-15-11/h4,6,8,11,15H,3,5,7,9H2,1-2H3. The summed E-state index contributed by atoms with van der Waals surface area (Å²) in [4.78, 5) is 4.87. The highest BCUT2D eigenvalue weighted by molar-refractivity contribution is 5.79. The molecule has 1 saturated heterocycles. The summed E-state index contributed by atoms with van der Waals surface area (Å²) in [5.74, 6) is 1.19.